The van der Waals surface area contributed by atoms with Crippen LogP contribution in [0.3, 0.4) is 0 Å². The molecule has 1 aromatic heterocycles. The van der Waals surface area contributed by atoms with Crippen molar-refractivity contribution in [3.8, 4) is 11.5 Å². The third-order valence-electron chi connectivity index (χ3n) is 5.72. The van der Waals surface area contributed by atoms with Crippen LogP contribution in [-0.2, 0) is 9.53 Å². The lowest BCUT2D eigenvalue weighted by Gasteiger charge is -2.25. The molecule has 188 valence electrons. The molecule has 9 heteroatoms. The second-order valence-electron chi connectivity index (χ2n) is 8.42. The van der Waals surface area contributed by atoms with E-state index in [2.05, 4.69) is 4.99 Å². The number of thiazole rings is 1. The van der Waals surface area contributed by atoms with Crippen molar-refractivity contribution in [2.45, 2.75) is 37.8 Å². The van der Waals surface area contributed by atoms with Crippen molar-refractivity contribution in [1.29, 1.82) is 0 Å². The summed E-state index contributed by atoms with van der Waals surface area (Å²) in [6, 6.07) is 12.7. The lowest BCUT2D eigenvalue weighted by Crippen LogP contribution is -2.40. The molecule has 4 rings (SSSR count). The number of aromatic nitrogens is 1. The summed E-state index contributed by atoms with van der Waals surface area (Å²) in [6.07, 6.45) is 3.50. The van der Waals surface area contributed by atoms with E-state index in [4.69, 9.17) is 14.2 Å². The van der Waals surface area contributed by atoms with Gasteiger partial charge in [0.25, 0.3) is 5.56 Å². The second kappa shape index (κ2) is 10.8. The number of carbonyl (C=O) groups excluding carboxylic acids is 1. The highest BCUT2D eigenvalue weighted by Crippen LogP contribution is 2.32. The van der Waals surface area contributed by atoms with Crippen LogP contribution in [0.25, 0.3) is 6.08 Å². The Kier molecular flexibility index (Phi) is 7.70. The average molecular weight is 525 g/mol. The Labute approximate surface area is 217 Å². The van der Waals surface area contributed by atoms with E-state index in [0.717, 1.165) is 16.0 Å². The zero-order chi connectivity index (χ0) is 26.0. The van der Waals surface area contributed by atoms with E-state index < -0.39 is 12.0 Å². The van der Waals surface area contributed by atoms with Crippen LogP contribution in [0.2, 0.25) is 0 Å². The molecule has 1 aliphatic heterocycles. The minimum Gasteiger partial charge on any atom is -0.493 e. The first-order chi connectivity index (χ1) is 17.3. The van der Waals surface area contributed by atoms with Gasteiger partial charge >= 0.3 is 5.97 Å². The normalized spacial score (nSPS) is 15.5. The number of hydrogen-bond donors (Lipinski definition) is 0. The molecule has 7 nitrogen and oxygen atoms in total. The van der Waals surface area contributed by atoms with Crippen molar-refractivity contribution >= 4 is 35.1 Å². The highest BCUT2D eigenvalue weighted by atomic mass is 32.2. The molecule has 0 unspecified atom stereocenters. The molecule has 0 saturated carbocycles. The van der Waals surface area contributed by atoms with Crippen molar-refractivity contribution in [1.82, 2.24) is 4.57 Å². The number of nitrogens with zero attached hydrogens (tertiary/aromatic N) is 2. The van der Waals surface area contributed by atoms with Crippen molar-refractivity contribution in [2.24, 2.45) is 4.99 Å². The number of hydrogen-bond acceptors (Lipinski definition) is 8. The minimum atomic E-state index is -0.643. The smallest absolute Gasteiger partial charge is 0.338 e. The fraction of sp³-hybridized carbons (Fsp3) is 0.296. The van der Waals surface area contributed by atoms with Gasteiger partial charge in [-0.3, -0.25) is 9.36 Å². The van der Waals surface area contributed by atoms with Crippen LogP contribution in [0.15, 0.2) is 68.4 Å². The summed E-state index contributed by atoms with van der Waals surface area (Å²) in [5.41, 5.74) is 2.28. The Morgan fingerprint density at radius 1 is 1.11 bits per heavy atom. The molecule has 0 spiro atoms. The fourth-order valence-corrected chi connectivity index (χ4v) is 5.51. The summed E-state index contributed by atoms with van der Waals surface area (Å²) >= 11 is 2.91. The first-order valence-corrected chi connectivity index (χ1v) is 13.4. The maximum Gasteiger partial charge on any atom is 0.338 e. The molecule has 2 aromatic carbocycles. The van der Waals surface area contributed by atoms with Crippen LogP contribution < -0.4 is 24.4 Å². The number of esters is 1. The van der Waals surface area contributed by atoms with Gasteiger partial charge in [0.05, 0.1) is 42.2 Å². The highest BCUT2D eigenvalue weighted by molar-refractivity contribution is 7.98. The molecule has 1 aliphatic rings. The minimum absolute atomic E-state index is 0.227. The van der Waals surface area contributed by atoms with E-state index in [-0.39, 0.29) is 11.7 Å². The predicted molar refractivity (Wildman–Crippen MR) is 143 cm³/mol. The second-order valence-corrected chi connectivity index (χ2v) is 10.3. The molecule has 36 heavy (non-hydrogen) atoms. The summed E-state index contributed by atoms with van der Waals surface area (Å²) in [7, 11) is 3.14. The molecule has 0 saturated heterocycles. The first-order valence-electron chi connectivity index (χ1n) is 11.4. The van der Waals surface area contributed by atoms with Gasteiger partial charge < -0.3 is 14.2 Å². The molecular formula is C27H28N2O5S2. The number of allylic oxidation sites excluding steroid dienone is 1. The van der Waals surface area contributed by atoms with E-state index in [0.29, 0.717) is 32.1 Å². The lowest BCUT2D eigenvalue weighted by atomic mass is 9.96. The molecule has 0 radical (unpaired) electrons. The maximum atomic E-state index is 13.7. The van der Waals surface area contributed by atoms with Gasteiger partial charge in [-0.15, -0.1) is 11.8 Å². The molecular weight excluding hydrogens is 496 g/mol. The monoisotopic (exact) mass is 524 g/mol. The zero-order valence-corrected chi connectivity index (χ0v) is 22.7. The number of methoxy groups -OCH3 is 2. The van der Waals surface area contributed by atoms with Crippen LogP contribution >= 0.6 is 23.1 Å². The lowest BCUT2D eigenvalue weighted by molar-refractivity contribution is -0.143. The van der Waals surface area contributed by atoms with Gasteiger partial charge in [0.15, 0.2) is 16.3 Å². The fourth-order valence-electron chi connectivity index (χ4n) is 4.06. The van der Waals surface area contributed by atoms with Gasteiger partial charge in [-0.25, -0.2) is 9.79 Å². The van der Waals surface area contributed by atoms with Gasteiger partial charge in [0, 0.05) is 4.90 Å². The number of ether oxygens (including phenoxy) is 3. The summed E-state index contributed by atoms with van der Waals surface area (Å²) < 4.78 is 18.4. The van der Waals surface area contributed by atoms with E-state index in [9.17, 15) is 9.59 Å². The summed E-state index contributed by atoms with van der Waals surface area (Å²) in [5, 5.41) is 0. The van der Waals surface area contributed by atoms with Gasteiger partial charge in [-0.2, -0.15) is 0 Å². The van der Waals surface area contributed by atoms with E-state index in [1.165, 1.54) is 11.3 Å². The topological polar surface area (TPSA) is 79.1 Å². The van der Waals surface area contributed by atoms with Crippen LogP contribution in [-0.4, -0.2) is 37.1 Å². The number of rotatable bonds is 7. The molecule has 1 atom stereocenters. The van der Waals surface area contributed by atoms with Crippen LogP contribution in [0.5, 0.6) is 11.5 Å². The molecule has 0 aliphatic carbocycles. The van der Waals surface area contributed by atoms with Crippen molar-refractivity contribution < 1.29 is 19.0 Å². The van der Waals surface area contributed by atoms with Crippen LogP contribution in [0.4, 0.5) is 0 Å². The Hall–Kier alpha value is -3.30. The largest absolute Gasteiger partial charge is 0.493 e. The Balaban J connectivity index is 1.91. The average Bonchev–Trinajstić information content (AvgIpc) is 3.16. The molecule has 0 bridgehead atoms. The maximum absolute atomic E-state index is 13.7. The highest BCUT2D eigenvalue weighted by Gasteiger charge is 2.33. The zero-order valence-electron chi connectivity index (χ0n) is 21.0. The first kappa shape index (κ1) is 25.8. The summed E-state index contributed by atoms with van der Waals surface area (Å²) in [5.74, 6) is 0.702. The molecule has 0 fully saturated rings. The van der Waals surface area contributed by atoms with Crippen LogP contribution in [0, 0.1) is 0 Å². The standard InChI is InChI=1S/C27H28N2O5S2/c1-15(2)34-26(31)23-16(3)28-27-29(24(23)18-8-10-19(35-6)11-9-18)25(30)22(36-27)14-17-7-12-20(32-4)21(13-17)33-5/h7-15,24H,1-6H3/b22-14-/t24-/m1/s1. The molecule has 3 aromatic rings. The van der Waals surface area contributed by atoms with Gasteiger partial charge in [-0.05, 0) is 68.5 Å². The van der Waals surface area contributed by atoms with E-state index >= 15 is 0 Å². The van der Waals surface area contributed by atoms with Crippen molar-refractivity contribution in [3.05, 3.63) is 84.5 Å². The van der Waals surface area contributed by atoms with Crippen LogP contribution in [0.1, 0.15) is 37.9 Å². The van der Waals surface area contributed by atoms with Gasteiger partial charge in [-0.1, -0.05) is 29.5 Å². The van der Waals surface area contributed by atoms with Gasteiger partial charge in [0.1, 0.15) is 0 Å². The van der Waals surface area contributed by atoms with Crippen molar-refractivity contribution in [2.75, 3.05) is 20.5 Å². The number of benzene rings is 2. The van der Waals surface area contributed by atoms with E-state index in [1.54, 1.807) is 63.5 Å². The quantitative estimate of drug-likeness (QED) is 0.344. The van der Waals surface area contributed by atoms with Crippen molar-refractivity contribution in [3.63, 3.8) is 0 Å². The van der Waals surface area contributed by atoms with Gasteiger partial charge in [0.2, 0.25) is 0 Å². The SMILES string of the molecule is COc1ccc(/C=c2\sc3n(c2=O)[C@H](c2ccc(SC)cc2)C(C(=O)OC(C)C)=C(C)N=3)cc1OC. The molecule has 0 amide bonds. The third-order valence-corrected chi connectivity index (χ3v) is 7.45. The number of carbonyl (C=O) groups is 1. The number of thioether (sulfide) groups is 1. The molecule has 2 heterocycles. The number of fused-ring (bicyclic) bond motifs is 1. The Morgan fingerprint density at radius 3 is 2.42 bits per heavy atom. The molecule has 0 N–H and O–H groups in total. The van der Waals surface area contributed by atoms with E-state index in [1.807, 2.05) is 42.7 Å². The summed E-state index contributed by atoms with van der Waals surface area (Å²) in [4.78, 5) is 33.2. The Morgan fingerprint density at radius 2 is 1.81 bits per heavy atom. The predicted octanol–water partition coefficient (Wildman–Crippen LogP) is 3.93. The Bertz CT molecular complexity index is 1500. The summed E-state index contributed by atoms with van der Waals surface area (Å²) in [6.45, 7) is 5.38. The third kappa shape index (κ3) is 4.99.